The van der Waals surface area contributed by atoms with Gasteiger partial charge >= 0.3 is 0 Å². The molecule has 0 amide bonds. The molecule has 0 aliphatic rings. The molecule has 72 valence electrons. The van der Waals surface area contributed by atoms with Crippen molar-refractivity contribution in [3.05, 3.63) is 42.2 Å². The number of alkyl halides is 1. The van der Waals surface area contributed by atoms with Crippen molar-refractivity contribution in [1.29, 1.82) is 0 Å². The van der Waals surface area contributed by atoms with Gasteiger partial charge in [-0.25, -0.2) is 0 Å². The van der Waals surface area contributed by atoms with Crippen LogP contribution in [-0.4, -0.2) is 10.4 Å². The van der Waals surface area contributed by atoms with E-state index in [-0.39, 0.29) is 5.38 Å². The number of pyridine rings is 1. The third kappa shape index (κ3) is 1.88. The number of benzene rings is 1. The zero-order chi connectivity index (χ0) is 9.97. The van der Waals surface area contributed by atoms with Crippen molar-refractivity contribution in [2.75, 3.05) is 0 Å². The van der Waals surface area contributed by atoms with Gasteiger partial charge in [0.15, 0.2) is 0 Å². The molecule has 14 heavy (non-hydrogen) atoms. The summed E-state index contributed by atoms with van der Waals surface area (Å²) >= 11 is 5.97. The number of fused-ring (bicyclic) bond motifs is 1. The van der Waals surface area contributed by atoms with Gasteiger partial charge in [0.2, 0.25) is 0 Å². The first-order valence-electron chi connectivity index (χ1n) is 4.74. The van der Waals surface area contributed by atoms with E-state index in [1.54, 1.807) is 0 Å². The van der Waals surface area contributed by atoms with Gasteiger partial charge in [0.25, 0.3) is 0 Å². The van der Waals surface area contributed by atoms with E-state index < -0.39 is 0 Å². The summed E-state index contributed by atoms with van der Waals surface area (Å²) in [6.45, 7) is 1.99. The second-order valence-electron chi connectivity index (χ2n) is 3.46. The maximum absolute atomic E-state index is 5.97. The van der Waals surface area contributed by atoms with E-state index in [1.807, 2.05) is 31.3 Å². The Balaban J connectivity index is 2.53. The predicted octanol–water partition coefficient (Wildman–Crippen LogP) is 3.40. The molecular weight excluding hydrogens is 194 g/mol. The molecule has 0 spiro atoms. The molecule has 0 N–H and O–H groups in total. The molecule has 1 nitrogen and oxygen atoms in total. The molecule has 0 saturated heterocycles. The van der Waals surface area contributed by atoms with E-state index in [1.165, 1.54) is 10.8 Å². The normalized spacial score (nSPS) is 13.0. The fourth-order valence-corrected chi connectivity index (χ4v) is 1.76. The lowest BCUT2D eigenvalue weighted by molar-refractivity contribution is 0.902. The summed E-state index contributed by atoms with van der Waals surface area (Å²) in [5.41, 5.74) is 1.09. The van der Waals surface area contributed by atoms with E-state index >= 15 is 0 Å². The molecule has 1 atom stereocenters. The Labute approximate surface area is 88.7 Å². The Morgan fingerprint density at radius 3 is 2.86 bits per heavy atom. The number of hydrogen-bond acceptors (Lipinski definition) is 1. The predicted molar refractivity (Wildman–Crippen MR) is 60.8 cm³/mol. The van der Waals surface area contributed by atoms with Crippen molar-refractivity contribution < 1.29 is 0 Å². The first kappa shape index (κ1) is 9.47. The zero-order valence-electron chi connectivity index (χ0n) is 8.07. The van der Waals surface area contributed by atoms with Gasteiger partial charge < -0.3 is 0 Å². The average Bonchev–Trinajstić information content (AvgIpc) is 2.18. The second-order valence-corrected chi connectivity index (χ2v) is 4.21. The molecule has 0 aliphatic carbocycles. The summed E-state index contributed by atoms with van der Waals surface area (Å²) in [6.07, 6.45) is 2.67. The number of rotatable bonds is 2. The lowest BCUT2D eigenvalue weighted by Gasteiger charge is -2.06. The zero-order valence-corrected chi connectivity index (χ0v) is 8.83. The molecule has 1 heterocycles. The SMILES string of the molecule is CC(Cl)Cc1nccc2ccccc12. The monoisotopic (exact) mass is 205 g/mol. The minimum atomic E-state index is 0.133. The smallest absolute Gasteiger partial charge is 0.0496 e. The topological polar surface area (TPSA) is 12.9 Å². The summed E-state index contributed by atoms with van der Waals surface area (Å²) in [7, 11) is 0. The lowest BCUT2D eigenvalue weighted by atomic mass is 10.1. The Morgan fingerprint density at radius 2 is 2.07 bits per heavy atom. The molecule has 2 aromatic rings. The van der Waals surface area contributed by atoms with Crippen molar-refractivity contribution in [3.8, 4) is 0 Å². The molecule has 1 aromatic carbocycles. The van der Waals surface area contributed by atoms with Crippen LogP contribution in [0.2, 0.25) is 0 Å². The van der Waals surface area contributed by atoms with E-state index in [9.17, 15) is 0 Å². The van der Waals surface area contributed by atoms with Gasteiger partial charge in [-0.3, -0.25) is 4.98 Å². The van der Waals surface area contributed by atoms with Gasteiger partial charge in [-0.05, 0) is 18.4 Å². The summed E-state index contributed by atoms with van der Waals surface area (Å²) in [5, 5.41) is 2.57. The summed E-state index contributed by atoms with van der Waals surface area (Å²) < 4.78 is 0. The first-order valence-corrected chi connectivity index (χ1v) is 5.17. The Morgan fingerprint density at radius 1 is 1.29 bits per heavy atom. The van der Waals surface area contributed by atoms with Gasteiger partial charge in [-0.15, -0.1) is 11.6 Å². The Kier molecular flexibility index (Phi) is 2.69. The molecule has 0 saturated carbocycles. The standard InChI is InChI=1S/C12H12ClN/c1-9(13)8-12-11-5-3-2-4-10(11)6-7-14-12/h2-7,9H,8H2,1H3. The second kappa shape index (κ2) is 3.97. The molecule has 0 bridgehead atoms. The summed E-state index contributed by atoms with van der Waals surface area (Å²) in [4.78, 5) is 4.36. The molecule has 0 aliphatic heterocycles. The third-order valence-electron chi connectivity index (χ3n) is 2.23. The number of aromatic nitrogens is 1. The van der Waals surface area contributed by atoms with Gasteiger partial charge in [0.1, 0.15) is 0 Å². The van der Waals surface area contributed by atoms with E-state index in [4.69, 9.17) is 11.6 Å². The summed E-state index contributed by atoms with van der Waals surface area (Å²) in [5.74, 6) is 0. The largest absolute Gasteiger partial charge is 0.261 e. The van der Waals surface area contributed by atoms with Crippen LogP contribution in [0.4, 0.5) is 0 Å². The molecule has 0 radical (unpaired) electrons. The van der Waals surface area contributed by atoms with Gasteiger partial charge in [0.05, 0.1) is 0 Å². The molecule has 2 heteroatoms. The van der Waals surface area contributed by atoms with Crippen LogP contribution in [0.15, 0.2) is 36.5 Å². The van der Waals surface area contributed by atoms with E-state index in [0.29, 0.717) is 0 Å². The summed E-state index contributed by atoms with van der Waals surface area (Å²) in [6, 6.07) is 10.3. The molecule has 1 unspecified atom stereocenters. The number of hydrogen-bond donors (Lipinski definition) is 0. The third-order valence-corrected chi connectivity index (χ3v) is 2.39. The lowest BCUT2D eigenvalue weighted by Crippen LogP contribution is -2.00. The molecule has 1 aromatic heterocycles. The van der Waals surface area contributed by atoms with Gasteiger partial charge in [0, 0.05) is 29.1 Å². The van der Waals surface area contributed by atoms with Crippen LogP contribution in [0.3, 0.4) is 0 Å². The molecule has 0 fully saturated rings. The Hall–Kier alpha value is -1.08. The average molecular weight is 206 g/mol. The van der Waals surface area contributed by atoms with Crippen molar-refractivity contribution in [1.82, 2.24) is 4.98 Å². The maximum atomic E-state index is 5.97. The van der Waals surface area contributed by atoms with Gasteiger partial charge in [-0.2, -0.15) is 0 Å². The van der Waals surface area contributed by atoms with Crippen LogP contribution in [-0.2, 0) is 6.42 Å². The van der Waals surface area contributed by atoms with Crippen LogP contribution < -0.4 is 0 Å². The fraction of sp³-hybridized carbons (Fsp3) is 0.250. The number of halogens is 1. The first-order chi connectivity index (χ1) is 6.77. The van der Waals surface area contributed by atoms with Crippen molar-refractivity contribution >= 4 is 22.4 Å². The van der Waals surface area contributed by atoms with Crippen LogP contribution in [0.5, 0.6) is 0 Å². The molecule has 2 rings (SSSR count). The quantitative estimate of drug-likeness (QED) is 0.685. The van der Waals surface area contributed by atoms with Gasteiger partial charge in [-0.1, -0.05) is 24.3 Å². The van der Waals surface area contributed by atoms with Crippen LogP contribution in [0, 0.1) is 0 Å². The highest BCUT2D eigenvalue weighted by Gasteiger charge is 2.04. The minimum absolute atomic E-state index is 0.133. The number of nitrogens with zero attached hydrogens (tertiary/aromatic N) is 1. The van der Waals surface area contributed by atoms with Crippen molar-refractivity contribution in [2.45, 2.75) is 18.7 Å². The highest BCUT2D eigenvalue weighted by atomic mass is 35.5. The van der Waals surface area contributed by atoms with E-state index in [0.717, 1.165) is 12.1 Å². The van der Waals surface area contributed by atoms with Crippen LogP contribution in [0.1, 0.15) is 12.6 Å². The van der Waals surface area contributed by atoms with Crippen LogP contribution >= 0.6 is 11.6 Å². The van der Waals surface area contributed by atoms with Crippen LogP contribution in [0.25, 0.3) is 10.8 Å². The highest BCUT2D eigenvalue weighted by molar-refractivity contribution is 6.20. The minimum Gasteiger partial charge on any atom is -0.261 e. The maximum Gasteiger partial charge on any atom is 0.0496 e. The molecular formula is C12H12ClN. The van der Waals surface area contributed by atoms with Crippen molar-refractivity contribution in [2.24, 2.45) is 0 Å². The Bertz CT molecular complexity index is 432. The van der Waals surface area contributed by atoms with Crippen molar-refractivity contribution in [3.63, 3.8) is 0 Å². The highest BCUT2D eigenvalue weighted by Crippen LogP contribution is 2.18. The van der Waals surface area contributed by atoms with E-state index in [2.05, 4.69) is 17.1 Å². The fourth-order valence-electron chi connectivity index (χ4n) is 1.61.